The van der Waals surface area contributed by atoms with Crippen LogP contribution in [0.2, 0.25) is 0 Å². The van der Waals surface area contributed by atoms with Crippen LogP contribution in [0.3, 0.4) is 0 Å². The highest BCUT2D eigenvalue weighted by atomic mass is 19.1. The van der Waals surface area contributed by atoms with Crippen LogP contribution in [0.25, 0.3) is 11.0 Å². The van der Waals surface area contributed by atoms with Crippen LogP contribution < -0.4 is 10.2 Å². The SMILES string of the molecule is Cc1cccc(N(C(=O)Cn2nnc3ccccc32)C(C(=O)NCc2ccccc2)c2ccccc2F)c1C. The summed E-state index contributed by atoms with van der Waals surface area (Å²) in [5.41, 5.74) is 4.59. The number of para-hydroxylation sites is 1. The van der Waals surface area contributed by atoms with Gasteiger partial charge in [0.25, 0.3) is 0 Å². The molecular formula is C31H28FN5O2. The van der Waals surface area contributed by atoms with E-state index in [1.165, 1.54) is 15.6 Å². The maximum atomic E-state index is 15.3. The predicted octanol–water partition coefficient (Wildman–Crippen LogP) is 5.28. The van der Waals surface area contributed by atoms with E-state index in [9.17, 15) is 9.59 Å². The van der Waals surface area contributed by atoms with E-state index in [1.807, 2.05) is 80.6 Å². The molecule has 1 heterocycles. The minimum absolute atomic E-state index is 0.0979. The lowest BCUT2D eigenvalue weighted by Gasteiger charge is -2.33. The summed E-state index contributed by atoms with van der Waals surface area (Å²) in [5, 5.41) is 11.2. The smallest absolute Gasteiger partial charge is 0.249 e. The van der Waals surface area contributed by atoms with E-state index >= 15 is 4.39 Å². The van der Waals surface area contributed by atoms with E-state index in [4.69, 9.17) is 0 Å². The number of hydrogen-bond acceptors (Lipinski definition) is 4. The van der Waals surface area contributed by atoms with Gasteiger partial charge in [0.15, 0.2) is 0 Å². The summed E-state index contributed by atoms with van der Waals surface area (Å²) in [6.45, 7) is 3.86. The van der Waals surface area contributed by atoms with Gasteiger partial charge in [0.2, 0.25) is 11.8 Å². The number of nitrogens with one attached hydrogen (secondary N) is 1. The summed E-state index contributed by atoms with van der Waals surface area (Å²) in [7, 11) is 0. The standard InChI is InChI=1S/C31H28FN5O2/c1-21-11-10-18-27(22(21)2)37(29(38)20-36-28-17-9-8-16-26(28)34-35-36)30(24-14-6-7-15-25(24)32)31(39)33-19-23-12-4-3-5-13-23/h3-18,30H,19-20H2,1-2H3,(H,33,39). The van der Waals surface area contributed by atoms with Gasteiger partial charge in [0, 0.05) is 17.8 Å². The summed E-state index contributed by atoms with van der Waals surface area (Å²) < 4.78 is 16.8. The molecule has 0 fully saturated rings. The summed E-state index contributed by atoms with van der Waals surface area (Å²) in [5.74, 6) is -1.50. The van der Waals surface area contributed by atoms with Crippen molar-refractivity contribution < 1.29 is 14.0 Å². The Hall–Kier alpha value is -4.85. The Kier molecular flexibility index (Phi) is 7.45. The average Bonchev–Trinajstić information content (AvgIpc) is 3.36. The highest BCUT2D eigenvalue weighted by Crippen LogP contribution is 2.33. The quantitative estimate of drug-likeness (QED) is 0.301. The molecule has 5 rings (SSSR count). The first-order valence-corrected chi connectivity index (χ1v) is 12.7. The third-order valence-electron chi connectivity index (χ3n) is 6.83. The van der Waals surface area contributed by atoms with E-state index in [0.717, 1.165) is 16.7 Å². The lowest BCUT2D eigenvalue weighted by Crippen LogP contribution is -2.46. The van der Waals surface area contributed by atoms with E-state index < -0.39 is 23.7 Å². The fourth-order valence-electron chi connectivity index (χ4n) is 4.63. The number of aryl methyl sites for hydroxylation is 1. The van der Waals surface area contributed by atoms with Crippen LogP contribution in [0.4, 0.5) is 10.1 Å². The van der Waals surface area contributed by atoms with E-state index in [-0.39, 0.29) is 18.7 Å². The molecule has 8 heteroatoms. The van der Waals surface area contributed by atoms with Gasteiger partial charge < -0.3 is 5.32 Å². The number of hydrogen-bond donors (Lipinski definition) is 1. The van der Waals surface area contributed by atoms with Gasteiger partial charge in [-0.15, -0.1) is 5.10 Å². The minimum Gasteiger partial charge on any atom is -0.350 e. The molecule has 7 nitrogen and oxygen atoms in total. The number of carbonyl (C=O) groups excluding carboxylic acids is 2. The summed E-state index contributed by atoms with van der Waals surface area (Å²) in [4.78, 5) is 29.4. The molecule has 1 unspecified atom stereocenters. The molecule has 0 saturated carbocycles. The van der Waals surface area contributed by atoms with Crippen molar-refractivity contribution in [2.24, 2.45) is 0 Å². The average molecular weight is 522 g/mol. The highest BCUT2D eigenvalue weighted by Gasteiger charge is 2.35. The Labute approximate surface area is 225 Å². The van der Waals surface area contributed by atoms with Gasteiger partial charge in [-0.2, -0.15) is 0 Å². The van der Waals surface area contributed by atoms with Crippen molar-refractivity contribution in [3.63, 3.8) is 0 Å². The first-order chi connectivity index (χ1) is 18.9. The molecule has 5 aromatic rings. The molecule has 1 aromatic heterocycles. The van der Waals surface area contributed by atoms with Crippen LogP contribution >= 0.6 is 0 Å². The van der Waals surface area contributed by atoms with Crippen molar-refractivity contribution >= 4 is 28.5 Å². The largest absolute Gasteiger partial charge is 0.350 e. The van der Waals surface area contributed by atoms with Crippen LogP contribution in [-0.4, -0.2) is 26.8 Å². The van der Waals surface area contributed by atoms with Gasteiger partial charge in [0.1, 0.15) is 23.9 Å². The van der Waals surface area contributed by atoms with Gasteiger partial charge in [-0.1, -0.05) is 78.0 Å². The molecule has 0 aliphatic heterocycles. The minimum atomic E-state index is -1.27. The Bertz CT molecular complexity index is 1630. The summed E-state index contributed by atoms with van der Waals surface area (Å²) >= 11 is 0. The zero-order valence-corrected chi connectivity index (χ0v) is 21.7. The number of fused-ring (bicyclic) bond motifs is 1. The maximum absolute atomic E-state index is 15.3. The van der Waals surface area contributed by atoms with Crippen LogP contribution in [-0.2, 0) is 22.7 Å². The van der Waals surface area contributed by atoms with Crippen molar-refractivity contribution in [2.75, 3.05) is 4.90 Å². The fourth-order valence-corrected chi connectivity index (χ4v) is 4.63. The highest BCUT2D eigenvalue weighted by molar-refractivity contribution is 6.02. The molecule has 0 aliphatic carbocycles. The zero-order valence-electron chi connectivity index (χ0n) is 21.7. The number of benzene rings is 4. The molecule has 0 saturated heterocycles. The van der Waals surface area contributed by atoms with E-state index in [2.05, 4.69) is 15.6 Å². The first kappa shape index (κ1) is 25.8. The molecule has 2 amide bonds. The second-order valence-electron chi connectivity index (χ2n) is 9.35. The van der Waals surface area contributed by atoms with Crippen molar-refractivity contribution in [3.05, 3.63) is 125 Å². The van der Waals surface area contributed by atoms with Crippen molar-refractivity contribution in [1.82, 2.24) is 20.3 Å². The molecule has 0 spiro atoms. The molecule has 1 N–H and O–H groups in total. The van der Waals surface area contributed by atoms with Gasteiger partial charge in [0.05, 0.1) is 5.52 Å². The monoisotopic (exact) mass is 521 g/mol. The molecule has 39 heavy (non-hydrogen) atoms. The molecule has 1 atom stereocenters. The van der Waals surface area contributed by atoms with Gasteiger partial charge in [-0.3, -0.25) is 14.5 Å². The number of anilines is 1. The second kappa shape index (κ2) is 11.3. The molecule has 196 valence electrons. The molecular weight excluding hydrogens is 493 g/mol. The third-order valence-corrected chi connectivity index (χ3v) is 6.83. The van der Waals surface area contributed by atoms with E-state index in [0.29, 0.717) is 16.7 Å². The van der Waals surface area contributed by atoms with Gasteiger partial charge in [-0.25, -0.2) is 9.07 Å². The lowest BCUT2D eigenvalue weighted by atomic mass is 9.99. The zero-order chi connectivity index (χ0) is 27.4. The number of halogens is 1. The van der Waals surface area contributed by atoms with Crippen molar-refractivity contribution in [1.29, 1.82) is 0 Å². The van der Waals surface area contributed by atoms with Crippen molar-refractivity contribution in [3.8, 4) is 0 Å². The van der Waals surface area contributed by atoms with Crippen LogP contribution in [0, 0.1) is 19.7 Å². The predicted molar refractivity (Wildman–Crippen MR) is 148 cm³/mol. The number of carbonyl (C=O) groups is 2. The Balaban J connectivity index is 1.60. The number of aromatic nitrogens is 3. The Morgan fingerprint density at radius 2 is 1.62 bits per heavy atom. The second-order valence-corrected chi connectivity index (χ2v) is 9.35. The maximum Gasteiger partial charge on any atom is 0.249 e. The normalized spacial score (nSPS) is 11.8. The van der Waals surface area contributed by atoms with Gasteiger partial charge >= 0.3 is 0 Å². The lowest BCUT2D eigenvalue weighted by molar-refractivity contribution is -0.127. The van der Waals surface area contributed by atoms with Crippen LogP contribution in [0.15, 0.2) is 97.1 Å². The molecule has 0 aliphatic rings. The van der Waals surface area contributed by atoms with Crippen LogP contribution in [0.5, 0.6) is 0 Å². The molecule has 4 aromatic carbocycles. The Morgan fingerprint density at radius 1 is 0.897 bits per heavy atom. The topological polar surface area (TPSA) is 80.1 Å². The summed E-state index contributed by atoms with van der Waals surface area (Å²) in [6.07, 6.45) is 0. The Morgan fingerprint density at radius 3 is 2.41 bits per heavy atom. The van der Waals surface area contributed by atoms with Gasteiger partial charge in [-0.05, 0) is 54.8 Å². The van der Waals surface area contributed by atoms with Crippen LogP contribution in [0.1, 0.15) is 28.3 Å². The van der Waals surface area contributed by atoms with Crippen molar-refractivity contribution in [2.45, 2.75) is 33.0 Å². The molecule has 0 bridgehead atoms. The van der Waals surface area contributed by atoms with E-state index in [1.54, 1.807) is 24.3 Å². The summed E-state index contributed by atoms with van der Waals surface area (Å²) in [6, 6.07) is 27.1. The number of nitrogens with zero attached hydrogens (tertiary/aromatic N) is 4. The first-order valence-electron chi connectivity index (χ1n) is 12.7. The third kappa shape index (κ3) is 5.40. The fraction of sp³-hybridized carbons (Fsp3) is 0.161. The number of amides is 2. The molecule has 0 radical (unpaired) electrons. The number of rotatable bonds is 8.